The molecule has 138 valence electrons. The van der Waals surface area contributed by atoms with Crippen LogP contribution in [0, 0.1) is 5.82 Å². The van der Waals surface area contributed by atoms with Gasteiger partial charge in [0.15, 0.2) is 0 Å². The third-order valence-electron chi connectivity index (χ3n) is 4.72. The zero-order valence-electron chi connectivity index (χ0n) is 14.3. The van der Waals surface area contributed by atoms with Crippen LogP contribution in [0.2, 0.25) is 5.02 Å². The Hall–Kier alpha value is -2.70. The van der Waals surface area contributed by atoms with Gasteiger partial charge in [-0.2, -0.15) is 0 Å². The Balaban J connectivity index is 1.70. The van der Waals surface area contributed by atoms with E-state index < -0.39 is 11.9 Å². The van der Waals surface area contributed by atoms with Crippen LogP contribution >= 0.6 is 11.6 Å². The van der Waals surface area contributed by atoms with E-state index in [1.165, 1.54) is 22.9 Å². The molecule has 0 spiro atoms. The Morgan fingerprint density at radius 1 is 1.19 bits per heavy atom. The number of pyridine rings is 2. The molecule has 0 radical (unpaired) electrons. The molecule has 0 aliphatic carbocycles. The molecule has 2 aromatic heterocycles. The number of β-amino-alcohol motifs (C(OH)–C–C–N with tert-alkyl or cyclic N) is 1. The first-order valence-corrected chi connectivity index (χ1v) is 8.94. The van der Waals surface area contributed by atoms with Crippen LogP contribution in [0.5, 0.6) is 0 Å². The number of aliphatic hydroxyl groups excluding tert-OH is 1. The van der Waals surface area contributed by atoms with E-state index in [1.807, 2.05) is 4.90 Å². The number of anilines is 1. The minimum atomic E-state index is -0.535. The molecule has 0 bridgehead atoms. The summed E-state index contributed by atoms with van der Waals surface area (Å²) in [5.74, 6) is 0.177. The van der Waals surface area contributed by atoms with E-state index in [1.54, 1.807) is 42.6 Å². The standard InChI is InChI=1S/C20H17ClFN3O2/c21-14-5-7-19(23-11-14)25-12-15(26)10-18(25)13-4-6-17(16(22)9-13)24-8-2-1-3-20(24)27/h1-9,11,15,18,26H,10,12H2/t15-,18-/m1/s1. The van der Waals surface area contributed by atoms with Crippen LogP contribution in [0.1, 0.15) is 18.0 Å². The number of halogens is 2. The van der Waals surface area contributed by atoms with Crippen molar-refractivity contribution < 1.29 is 9.50 Å². The molecule has 27 heavy (non-hydrogen) atoms. The molecule has 1 aliphatic heterocycles. The molecule has 1 saturated heterocycles. The highest BCUT2D eigenvalue weighted by Crippen LogP contribution is 2.36. The molecule has 0 saturated carbocycles. The Morgan fingerprint density at radius 2 is 2.04 bits per heavy atom. The van der Waals surface area contributed by atoms with Crippen molar-refractivity contribution in [3.8, 4) is 5.69 Å². The lowest BCUT2D eigenvalue weighted by molar-refractivity contribution is 0.194. The minimum absolute atomic E-state index is 0.194. The summed E-state index contributed by atoms with van der Waals surface area (Å²) in [6, 6.07) is 12.8. The molecule has 1 aliphatic rings. The van der Waals surface area contributed by atoms with Crippen molar-refractivity contribution in [1.82, 2.24) is 9.55 Å². The predicted octanol–water partition coefficient (Wildman–Crippen LogP) is 3.34. The normalized spacial score (nSPS) is 19.4. The van der Waals surface area contributed by atoms with Crippen LogP contribution in [-0.2, 0) is 0 Å². The maximum Gasteiger partial charge on any atom is 0.255 e. The SMILES string of the molecule is O=c1ccccn1-c1ccc([C@H]2C[C@@H](O)CN2c2ccc(Cl)cn2)cc1F. The second-order valence-corrected chi connectivity index (χ2v) is 6.95. The van der Waals surface area contributed by atoms with Crippen LogP contribution in [0.4, 0.5) is 10.2 Å². The molecule has 1 N–H and O–H groups in total. The number of hydrogen-bond donors (Lipinski definition) is 1. The van der Waals surface area contributed by atoms with Gasteiger partial charge in [-0.1, -0.05) is 23.7 Å². The van der Waals surface area contributed by atoms with Gasteiger partial charge in [0.05, 0.1) is 22.9 Å². The summed E-state index contributed by atoms with van der Waals surface area (Å²) < 4.78 is 16.0. The summed E-state index contributed by atoms with van der Waals surface area (Å²) in [6.07, 6.45) is 3.01. The Bertz CT molecular complexity index is 1020. The summed E-state index contributed by atoms with van der Waals surface area (Å²) >= 11 is 5.90. The zero-order valence-corrected chi connectivity index (χ0v) is 15.1. The third-order valence-corrected chi connectivity index (χ3v) is 4.95. The van der Waals surface area contributed by atoms with E-state index in [0.717, 1.165) is 0 Å². The highest BCUT2D eigenvalue weighted by molar-refractivity contribution is 6.30. The van der Waals surface area contributed by atoms with Gasteiger partial charge in [0.1, 0.15) is 11.6 Å². The van der Waals surface area contributed by atoms with E-state index in [2.05, 4.69) is 4.98 Å². The summed E-state index contributed by atoms with van der Waals surface area (Å²) in [5, 5.41) is 10.7. The Morgan fingerprint density at radius 3 is 2.74 bits per heavy atom. The highest BCUT2D eigenvalue weighted by Gasteiger charge is 2.33. The topological polar surface area (TPSA) is 58.4 Å². The number of aliphatic hydroxyl groups is 1. The lowest BCUT2D eigenvalue weighted by Crippen LogP contribution is -2.25. The lowest BCUT2D eigenvalue weighted by atomic mass is 10.0. The summed E-state index contributed by atoms with van der Waals surface area (Å²) in [5.41, 5.74) is 0.611. The van der Waals surface area contributed by atoms with Gasteiger partial charge in [0.2, 0.25) is 0 Å². The largest absolute Gasteiger partial charge is 0.391 e. The molecular formula is C20H17ClFN3O2. The lowest BCUT2D eigenvalue weighted by Gasteiger charge is -2.26. The first kappa shape index (κ1) is 17.7. The van der Waals surface area contributed by atoms with Gasteiger partial charge in [-0.05, 0) is 42.3 Å². The van der Waals surface area contributed by atoms with Crippen molar-refractivity contribution in [2.45, 2.75) is 18.6 Å². The first-order chi connectivity index (χ1) is 13.0. The number of benzene rings is 1. The van der Waals surface area contributed by atoms with Gasteiger partial charge in [-0.3, -0.25) is 9.36 Å². The average molecular weight is 386 g/mol. The minimum Gasteiger partial charge on any atom is -0.391 e. The quantitative estimate of drug-likeness (QED) is 0.751. The number of aromatic nitrogens is 2. The predicted molar refractivity (Wildman–Crippen MR) is 102 cm³/mol. The summed E-state index contributed by atoms with van der Waals surface area (Å²) in [4.78, 5) is 18.2. The number of nitrogens with zero attached hydrogens (tertiary/aromatic N) is 3. The first-order valence-electron chi connectivity index (χ1n) is 8.57. The Kier molecular flexibility index (Phi) is 4.68. The van der Waals surface area contributed by atoms with Crippen LogP contribution in [0.15, 0.2) is 65.7 Å². The van der Waals surface area contributed by atoms with Crippen molar-refractivity contribution in [2.75, 3.05) is 11.4 Å². The van der Waals surface area contributed by atoms with Crippen LogP contribution in [0.25, 0.3) is 5.69 Å². The molecule has 2 atom stereocenters. The number of rotatable bonds is 3. The number of hydrogen-bond acceptors (Lipinski definition) is 4. The van der Waals surface area contributed by atoms with E-state index in [4.69, 9.17) is 11.6 Å². The maximum atomic E-state index is 14.8. The molecule has 7 heteroatoms. The van der Waals surface area contributed by atoms with Crippen molar-refractivity contribution in [3.05, 3.63) is 87.7 Å². The van der Waals surface area contributed by atoms with E-state index >= 15 is 0 Å². The Labute approximate surface area is 160 Å². The monoisotopic (exact) mass is 385 g/mol. The molecule has 4 rings (SSSR count). The molecule has 0 unspecified atom stereocenters. The van der Waals surface area contributed by atoms with Crippen LogP contribution in [-0.4, -0.2) is 27.3 Å². The molecule has 1 aromatic carbocycles. The van der Waals surface area contributed by atoms with E-state index in [0.29, 0.717) is 29.4 Å². The summed E-state index contributed by atoms with van der Waals surface area (Å²) in [7, 11) is 0. The molecule has 0 amide bonds. The molecule has 3 aromatic rings. The fraction of sp³-hybridized carbons (Fsp3) is 0.200. The van der Waals surface area contributed by atoms with E-state index in [-0.39, 0.29) is 17.3 Å². The van der Waals surface area contributed by atoms with Gasteiger partial charge in [0, 0.05) is 25.0 Å². The fourth-order valence-electron chi connectivity index (χ4n) is 3.47. The van der Waals surface area contributed by atoms with E-state index in [9.17, 15) is 14.3 Å². The van der Waals surface area contributed by atoms with Crippen molar-refractivity contribution >= 4 is 17.4 Å². The van der Waals surface area contributed by atoms with Gasteiger partial charge >= 0.3 is 0 Å². The highest BCUT2D eigenvalue weighted by atomic mass is 35.5. The molecule has 3 heterocycles. The summed E-state index contributed by atoms with van der Waals surface area (Å²) in [6.45, 7) is 0.404. The molecular weight excluding hydrogens is 369 g/mol. The van der Waals surface area contributed by atoms with Gasteiger partial charge < -0.3 is 10.0 Å². The molecule has 1 fully saturated rings. The maximum absolute atomic E-state index is 14.8. The van der Waals surface area contributed by atoms with Crippen molar-refractivity contribution in [1.29, 1.82) is 0 Å². The molecule has 5 nitrogen and oxygen atoms in total. The van der Waals surface area contributed by atoms with Gasteiger partial charge in [-0.15, -0.1) is 0 Å². The second-order valence-electron chi connectivity index (χ2n) is 6.51. The van der Waals surface area contributed by atoms with Gasteiger partial charge in [-0.25, -0.2) is 9.37 Å². The van der Waals surface area contributed by atoms with Crippen LogP contribution < -0.4 is 10.5 Å². The van der Waals surface area contributed by atoms with Crippen LogP contribution in [0.3, 0.4) is 0 Å². The van der Waals surface area contributed by atoms with Gasteiger partial charge in [0.25, 0.3) is 5.56 Å². The average Bonchev–Trinajstić information content (AvgIpc) is 3.05. The smallest absolute Gasteiger partial charge is 0.255 e. The zero-order chi connectivity index (χ0) is 19.0. The third kappa shape index (κ3) is 3.46. The van der Waals surface area contributed by atoms with Crippen molar-refractivity contribution in [2.24, 2.45) is 0 Å². The second kappa shape index (κ2) is 7.13. The fourth-order valence-corrected chi connectivity index (χ4v) is 3.58. The van der Waals surface area contributed by atoms with Crippen molar-refractivity contribution in [3.63, 3.8) is 0 Å².